The Labute approximate surface area is 257 Å². The van der Waals surface area contributed by atoms with Crippen LogP contribution in [0.4, 0.5) is 0 Å². The van der Waals surface area contributed by atoms with Gasteiger partial charge in [0.15, 0.2) is 0 Å². The lowest BCUT2D eigenvalue weighted by molar-refractivity contribution is 0.668. The van der Waals surface area contributed by atoms with E-state index in [-0.39, 0.29) is 0 Å². The lowest BCUT2D eigenvalue weighted by atomic mass is 9.83. The summed E-state index contributed by atoms with van der Waals surface area (Å²) in [7, 11) is 0. The van der Waals surface area contributed by atoms with Gasteiger partial charge in [0.25, 0.3) is 0 Å². The first-order chi connectivity index (χ1) is 21.7. The summed E-state index contributed by atoms with van der Waals surface area (Å²) in [6, 6.07) is 48.4. The molecule has 0 aliphatic carbocycles. The van der Waals surface area contributed by atoms with E-state index >= 15 is 0 Å². The van der Waals surface area contributed by atoms with Crippen molar-refractivity contribution in [2.75, 3.05) is 0 Å². The van der Waals surface area contributed by atoms with Gasteiger partial charge in [-0.25, -0.2) is 0 Å². The number of hydrogen-bond donors (Lipinski definition) is 0. The molecule has 1 heterocycles. The summed E-state index contributed by atoms with van der Waals surface area (Å²) in [6.45, 7) is 4.33. The van der Waals surface area contributed by atoms with E-state index in [0.29, 0.717) is 0 Å². The van der Waals surface area contributed by atoms with Gasteiger partial charge in [0.05, 0.1) is 0 Å². The molecule has 0 bridgehead atoms. The highest BCUT2D eigenvalue weighted by molar-refractivity contribution is 6.23. The highest BCUT2D eigenvalue weighted by Gasteiger charge is 2.19. The minimum atomic E-state index is 0.918. The molecule has 210 valence electrons. The summed E-state index contributed by atoms with van der Waals surface area (Å²) < 4.78 is 6.37. The van der Waals surface area contributed by atoms with E-state index < -0.39 is 0 Å². The molecule has 1 aromatic heterocycles. The van der Waals surface area contributed by atoms with Crippen LogP contribution in [0.25, 0.3) is 82.9 Å². The average Bonchev–Trinajstić information content (AvgIpc) is 3.42. The second-order valence-electron chi connectivity index (χ2n) is 11.6. The van der Waals surface area contributed by atoms with Gasteiger partial charge in [-0.1, -0.05) is 128 Å². The Kier molecular flexibility index (Phi) is 6.38. The van der Waals surface area contributed by atoms with Crippen molar-refractivity contribution in [1.82, 2.24) is 0 Å². The van der Waals surface area contributed by atoms with E-state index in [1.165, 1.54) is 66.1 Å². The fourth-order valence-corrected chi connectivity index (χ4v) is 6.82. The SMILES string of the molecule is CC/C=C\c1cc2c(cc1C)oc1ccc(-c3c4ccccc4c(-c4ccccc4-c4ccccc4)c4ccccc34)cc12. The molecule has 0 N–H and O–H groups in total. The summed E-state index contributed by atoms with van der Waals surface area (Å²) in [6.07, 6.45) is 5.46. The van der Waals surface area contributed by atoms with Crippen molar-refractivity contribution in [2.45, 2.75) is 20.3 Å². The third kappa shape index (κ3) is 4.24. The van der Waals surface area contributed by atoms with Crippen molar-refractivity contribution in [2.24, 2.45) is 0 Å². The van der Waals surface area contributed by atoms with E-state index in [1.54, 1.807) is 0 Å². The molecule has 0 spiro atoms. The predicted molar refractivity (Wildman–Crippen MR) is 189 cm³/mol. The Morgan fingerprint density at radius 3 is 1.77 bits per heavy atom. The van der Waals surface area contributed by atoms with Gasteiger partial charge in [0.1, 0.15) is 11.2 Å². The maximum atomic E-state index is 6.37. The number of hydrogen-bond acceptors (Lipinski definition) is 1. The summed E-state index contributed by atoms with van der Waals surface area (Å²) >= 11 is 0. The van der Waals surface area contributed by atoms with Crippen molar-refractivity contribution in [3.63, 3.8) is 0 Å². The molecule has 1 nitrogen and oxygen atoms in total. The number of aryl methyl sites for hydroxylation is 1. The molecular weight excluding hydrogens is 532 g/mol. The molecule has 8 aromatic rings. The Balaban J connectivity index is 1.43. The molecule has 44 heavy (non-hydrogen) atoms. The van der Waals surface area contributed by atoms with Crippen molar-refractivity contribution >= 4 is 49.6 Å². The first-order valence-corrected chi connectivity index (χ1v) is 15.4. The van der Waals surface area contributed by atoms with Crippen LogP contribution >= 0.6 is 0 Å². The molecule has 7 aromatic carbocycles. The number of rotatable bonds is 5. The van der Waals surface area contributed by atoms with Gasteiger partial charge in [-0.3, -0.25) is 0 Å². The standard InChI is InChI=1S/C43H32O/c1-3-4-14-30-26-39-38-27-31(23-24-40(38)44-41(39)25-28(30)2)42-34-19-10-12-21-36(34)43(37-22-13-11-20-35(37)42)33-18-9-8-17-32(33)29-15-6-5-7-16-29/h4-27H,3H2,1-2H3/b14-4-. The quantitative estimate of drug-likeness (QED) is 0.190. The molecule has 0 aliphatic heterocycles. The highest BCUT2D eigenvalue weighted by atomic mass is 16.3. The first kappa shape index (κ1) is 26.2. The molecule has 0 aliphatic rings. The van der Waals surface area contributed by atoms with Crippen molar-refractivity contribution in [3.05, 3.63) is 151 Å². The molecule has 0 fully saturated rings. The van der Waals surface area contributed by atoms with Crippen molar-refractivity contribution < 1.29 is 4.42 Å². The van der Waals surface area contributed by atoms with Gasteiger partial charge in [-0.05, 0) is 104 Å². The van der Waals surface area contributed by atoms with Crippen LogP contribution in [0.1, 0.15) is 24.5 Å². The maximum Gasteiger partial charge on any atom is 0.135 e. The Morgan fingerprint density at radius 1 is 0.500 bits per heavy atom. The van der Waals surface area contributed by atoms with Crippen LogP contribution in [-0.4, -0.2) is 0 Å². The molecule has 8 rings (SSSR count). The van der Waals surface area contributed by atoms with Crippen LogP contribution in [0, 0.1) is 6.92 Å². The summed E-state index contributed by atoms with van der Waals surface area (Å²) in [5.41, 5.74) is 11.8. The van der Waals surface area contributed by atoms with Gasteiger partial charge in [-0.15, -0.1) is 0 Å². The maximum absolute atomic E-state index is 6.37. The number of benzene rings is 7. The zero-order chi connectivity index (χ0) is 29.6. The first-order valence-electron chi connectivity index (χ1n) is 15.4. The van der Waals surface area contributed by atoms with Gasteiger partial charge >= 0.3 is 0 Å². The zero-order valence-corrected chi connectivity index (χ0v) is 25.0. The lowest BCUT2D eigenvalue weighted by Crippen LogP contribution is -1.92. The molecule has 0 atom stereocenters. The molecule has 0 saturated carbocycles. The molecule has 0 saturated heterocycles. The Morgan fingerprint density at radius 2 is 1.09 bits per heavy atom. The van der Waals surface area contributed by atoms with E-state index in [2.05, 4.69) is 159 Å². The van der Waals surface area contributed by atoms with Crippen LogP contribution in [0.3, 0.4) is 0 Å². The second kappa shape index (κ2) is 10.7. The summed E-state index contributed by atoms with van der Waals surface area (Å²) in [5, 5.41) is 7.31. The average molecular weight is 565 g/mol. The van der Waals surface area contributed by atoms with Gasteiger partial charge in [0, 0.05) is 10.8 Å². The van der Waals surface area contributed by atoms with E-state index in [1.807, 2.05) is 0 Å². The monoisotopic (exact) mass is 564 g/mol. The van der Waals surface area contributed by atoms with Gasteiger partial charge in [-0.2, -0.15) is 0 Å². The van der Waals surface area contributed by atoms with Crippen LogP contribution in [0.15, 0.2) is 144 Å². The summed E-state index contributed by atoms with van der Waals surface area (Å²) in [4.78, 5) is 0. The van der Waals surface area contributed by atoms with Gasteiger partial charge < -0.3 is 4.42 Å². The minimum Gasteiger partial charge on any atom is -0.456 e. The fraction of sp³-hybridized carbons (Fsp3) is 0.0698. The largest absolute Gasteiger partial charge is 0.456 e. The van der Waals surface area contributed by atoms with Crippen LogP contribution in [-0.2, 0) is 0 Å². The summed E-state index contributed by atoms with van der Waals surface area (Å²) in [5.74, 6) is 0. The van der Waals surface area contributed by atoms with Crippen molar-refractivity contribution in [3.8, 4) is 33.4 Å². The normalized spacial score (nSPS) is 11.9. The lowest BCUT2D eigenvalue weighted by Gasteiger charge is -2.19. The topological polar surface area (TPSA) is 13.1 Å². The van der Waals surface area contributed by atoms with Gasteiger partial charge in [0.2, 0.25) is 0 Å². The Hall–Kier alpha value is -5.40. The predicted octanol–water partition coefficient (Wildman–Crippen LogP) is 12.6. The molecule has 0 unspecified atom stereocenters. The zero-order valence-electron chi connectivity index (χ0n) is 25.0. The third-order valence-electron chi connectivity index (χ3n) is 8.89. The molecule has 0 amide bonds. The van der Waals surface area contributed by atoms with E-state index in [0.717, 1.165) is 28.4 Å². The van der Waals surface area contributed by atoms with E-state index in [9.17, 15) is 0 Å². The van der Waals surface area contributed by atoms with E-state index in [4.69, 9.17) is 4.42 Å². The Bertz CT molecular complexity index is 2310. The van der Waals surface area contributed by atoms with Crippen molar-refractivity contribution in [1.29, 1.82) is 0 Å². The highest BCUT2D eigenvalue weighted by Crippen LogP contribution is 2.46. The molecule has 1 heteroatoms. The number of furan rings is 1. The molecule has 0 radical (unpaired) electrons. The number of fused-ring (bicyclic) bond motifs is 5. The fourth-order valence-electron chi connectivity index (χ4n) is 6.82. The number of allylic oxidation sites excluding steroid dienone is 1. The van der Waals surface area contributed by atoms with Crippen LogP contribution in [0.2, 0.25) is 0 Å². The second-order valence-corrected chi connectivity index (χ2v) is 11.6. The molecular formula is C43H32O. The van der Waals surface area contributed by atoms with Crippen LogP contribution in [0.5, 0.6) is 0 Å². The minimum absolute atomic E-state index is 0.918. The van der Waals surface area contributed by atoms with Crippen LogP contribution < -0.4 is 0 Å². The third-order valence-corrected chi connectivity index (χ3v) is 8.89. The smallest absolute Gasteiger partial charge is 0.135 e.